The SMILES string of the molecule is CCc1cc2c(cc1O)OC=C(c1ccc3ccccc3n1)C2O. The molecule has 1 unspecified atom stereocenters. The fourth-order valence-corrected chi connectivity index (χ4v) is 3.02. The number of hydrogen-bond donors (Lipinski definition) is 2. The molecule has 0 amide bonds. The fraction of sp³-hybridized carbons (Fsp3) is 0.150. The largest absolute Gasteiger partial charge is 0.508 e. The van der Waals surface area contributed by atoms with E-state index in [0.29, 0.717) is 29.0 Å². The van der Waals surface area contributed by atoms with E-state index in [4.69, 9.17) is 4.74 Å². The number of ether oxygens (including phenoxy) is 1. The van der Waals surface area contributed by atoms with Crippen molar-refractivity contribution in [2.45, 2.75) is 19.4 Å². The number of benzene rings is 2. The number of phenolic OH excluding ortho intramolecular Hbond substituents is 1. The molecule has 4 nitrogen and oxygen atoms in total. The van der Waals surface area contributed by atoms with Crippen LogP contribution in [0.5, 0.6) is 11.5 Å². The number of para-hydroxylation sites is 1. The quantitative estimate of drug-likeness (QED) is 0.750. The number of aliphatic hydroxyl groups is 1. The van der Waals surface area contributed by atoms with E-state index in [0.717, 1.165) is 16.5 Å². The Bertz CT molecular complexity index is 962. The zero-order valence-electron chi connectivity index (χ0n) is 13.2. The molecule has 2 heterocycles. The molecule has 1 atom stereocenters. The minimum atomic E-state index is -0.840. The number of pyridine rings is 1. The number of nitrogens with zero attached hydrogens (tertiary/aromatic N) is 1. The summed E-state index contributed by atoms with van der Waals surface area (Å²) in [4.78, 5) is 4.62. The second kappa shape index (κ2) is 5.65. The average Bonchev–Trinajstić information content (AvgIpc) is 2.61. The molecule has 0 saturated heterocycles. The highest BCUT2D eigenvalue weighted by Crippen LogP contribution is 2.41. The molecule has 0 fully saturated rings. The van der Waals surface area contributed by atoms with Crippen molar-refractivity contribution < 1.29 is 14.9 Å². The van der Waals surface area contributed by atoms with Crippen molar-refractivity contribution in [2.75, 3.05) is 0 Å². The van der Waals surface area contributed by atoms with E-state index in [9.17, 15) is 10.2 Å². The van der Waals surface area contributed by atoms with Crippen LogP contribution in [0.1, 0.15) is 29.8 Å². The van der Waals surface area contributed by atoms with Gasteiger partial charge in [-0.15, -0.1) is 0 Å². The summed E-state index contributed by atoms with van der Waals surface area (Å²) in [6, 6.07) is 15.1. The summed E-state index contributed by atoms with van der Waals surface area (Å²) in [5.74, 6) is 0.658. The maximum atomic E-state index is 10.8. The molecular formula is C20H17NO3. The van der Waals surface area contributed by atoms with E-state index in [1.54, 1.807) is 12.1 Å². The molecule has 0 bridgehead atoms. The van der Waals surface area contributed by atoms with E-state index >= 15 is 0 Å². The van der Waals surface area contributed by atoms with E-state index < -0.39 is 6.10 Å². The van der Waals surface area contributed by atoms with Crippen molar-refractivity contribution in [3.63, 3.8) is 0 Å². The number of aromatic nitrogens is 1. The third-order valence-electron chi connectivity index (χ3n) is 4.39. The van der Waals surface area contributed by atoms with E-state index in [1.165, 1.54) is 6.26 Å². The van der Waals surface area contributed by atoms with Gasteiger partial charge in [-0.1, -0.05) is 31.2 Å². The van der Waals surface area contributed by atoms with Crippen molar-refractivity contribution >= 4 is 16.5 Å². The van der Waals surface area contributed by atoms with Crippen LogP contribution < -0.4 is 4.74 Å². The van der Waals surface area contributed by atoms with E-state index in [-0.39, 0.29) is 5.75 Å². The molecule has 0 radical (unpaired) electrons. The molecule has 1 aliphatic rings. The topological polar surface area (TPSA) is 62.6 Å². The number of aromatic hydroxyl groups is 1. The lowest BCUT2D eigenvalue weighted by atomic mass is 9.94. The van der Waals surface area contributed by atoms with Crippen LogP contribution in [0.4, 0.5) is 0 Å². The summed E-state index contributed by atoms with van der Waals surface area (Å²) in [5, 5.41) is 21.8. The van der Waals surface area contributed by atoms with Gasteiger partial charge in [-0.3, -0.25) is 0 Å². The van der Waals surface area contributed by atoms with Gasteiger partial charge in [0.2, 0.25) is 0 Å². The van der Waals surface area contributed by atoms with E-state index in [2.05, 4.69) is 4.98 Å². The summed E-state index contributed by atoms with van der Waals surface area (Å²) in [5.41, 5.74) is 3.59. The number of aliphatic hydroxyl groups excluding tert-OH is 1. The summed E-state index contributed by atoms with van der Waals surface area (Å²) in [7, 11) is 0. The Morgan fingerprint density at radius 1 is 1.12 bits per heavy atom. The molecule has 2 aromatic carbocycles. The number of hydrogen-bond acceptors (Lipinski definition) is 4. The minimum Gasteiger partial charge on any atom is -0.508 e. The van der Waals surface area contributed by atoms with Crippen LogP contribution >= 0.6 is 0 Å². The first-order valence-electron chi connectivity index (χ1n) is 7.94. The monoisotopic (exact) mass is 319 g/mol. The molecule has 0 aliphatic carbocycles. The van der Waals surface area contributed by atoms with Gasteiger partial charge in [-0.25, -0.2) is 4.98 Å². The molecule has 4 heteroatoms. The molecule has 0 saturated carbocycles. The van der Waals surface area contributed by atoms with Crippen LogP contribution in [-0.4, -0.2) is 15.2 Å². The van der Waals surface area contributed by atoms with Crippen molar-refractivity contribution in [1.82, 2.24) is 4.98 Å². The number of rotatable bonds is 2. The summed E-state index contributed by atoms with van der Waals surface area (Å²) in [6.07, 6.45) is 1.35. The van der Waals surface area contributed by atoms with Gasteiger partial charge in [-0.2, -0.15) is 0 Å². The van der Waals surface area contributed by atoms with Gasteiger partial charge < -0.3 is 14.9 Å². The molecule has 1 aliphatic heterocycles. The van der Waals surface area contributed by atoms with Gasteiger partial charge in [0, 0.05) is 22.6 Å². The normalized spacial score (nSPS) is 16.4. The highest BCUT2D eigenvalue weighted by atomic mass is 16.5. The van der Waals surface area contributed by atoms with Gasteiger partial charge in [0.15, 0.2) is 0 Å². The van der Waals surface area contributed by atoms with E-state index in [1.807, 2.05) is 43.3 Å². The molecule has 4 rings (SSSR count). The second-order valence-electron chi connectivity index (χ2n) is 5.86. The maximum Gasteiger partial charge on any atom is 0.136 e. The van der Waals surface area contributed by atoms with Gasteiger partial charge in [0.25, 0.3) is 0 Å². The van der Waals surface area contributed by atoms with Crippen LogP contribution in [0.25, 0.3) is 16.5 Å². The minimum absolute atomic E-state index is 0.184. The number of aryl methyl sites for hydroxylation is 1. The van der Waals surface area contributed by atoms with Crippen molar-refractivity contribution in [3.05, 3.63) is 71.6 Å². The first-order valence-corrected chi connectivity index (χ1v) is 7.94. The summed E-state index contributed by atoms with van der Waals surface area (Å²) < 4.78 is 5.63. The van der Waals surface area contributed by atoms with Crippen LogP contribution in [0.2, 0.25) is 0 Å². The van der Waals surface area contributed by atoms with Gasteiger partial charge in [0.1, 0.15) is 17.6 Å². The first kappa shape index (κ1) is 14.7. The van der Waals surface area contributed by atoms with Gasteiger partial charge in [0.05, 0.1) is 17.5 Å². The first-order chi connectivity index (χ1) is 11.7. The molecule has 120 valence electrons. The maximum absolute atomic E-state index is 10.8. The second-order valence-corrected chi connectivity index (χ2v) is 5.86. The Morgan fingerprint density at radius 2 is 1.96 bits per heavy atom. The third kappa shape index (κ3) is 2.32. The zero-order valence-corrected chi connectivity index (χ0v) is 13.2. The van der Waals surface area contributed by atoms with Crippen LogP contribution in [-0.2, 0) is 6.42 Å². The Hall–Kier alpha value is -2.85. The molecule has 3 aromatic rings. The Morgan fingerprint density at radius 3 is 2.79 bits per heavy atom. The lowest BCUT2D eigenvalue weighted by Gasteiger charge is -2.23. The Labute approximate surface area is 139 Å². The summed E-state index contributed by atoms with van der Waals surface area (Å²) in [6.45, 7) is 1.96. The zero-order chi connectivity index (χ0) is 16.7. The molecular weight excluding hydrogens is 302 g/mol. The lowest BCUT2D eigenvalue weighted by Crippen LogP contribution is -2.11. The lowest BCUT2D eigenvalue weighted by molar-refractivity contribution is 0.223. The number of fused-ring (bicyclic) bond motifs is 2. The molecule has 1 aromatic heterocycles. The van der Waals surface area contributed by atoms with Crippen LogP contribution in [0.3, 0.4) is 0 Å². The highest BCUT2D eigenvalue weighted by Gasteiger charge is 2.26. The van der Waals surface area contributed by atoms with Crippen molar-refractivity contribution in [2.24, 2.45) is 0 Å². The van der Waals surface area contributed by atoms with Crippen molar-refractivity contribution in [1.29, 1.82) is 0 Å². The van der Waals surface area contributed by atoms with Crippen LogP contribution in [0.15, 0.2) is 54.8 Å². The third-order valence-corrected chi connectivity index (χ3v) is 4.39. The molecule has 24 heavy (non-hydrogen) atoms. The number of phenols is 1. The highest BCUT2D eigenvalue weighted by molar-refractivity contribution is 5.82. The molecule has 0 spiro atoms. The van der Waals surface area contributed by atoms with Gasteiger partial charge in [-0.05, 0) is 30.2 Å². The molecule has 2 N–H and O–H groups in total. The van der Waals surface area contributed by atoms with Crippen molar-refractivity contribution in [3.8, 4) is 11.5 Å². The Balaban J connectivity index is 1.78. The average molecular weight is 319 g/mol. The fourth-order valence-electron chi connectivity index (χ4n) is 3.02. The van der Waals surface area contributed by atoms with Crippen LogP contribution in [0, 0.1) is 0 Å². The summed E-state index contributed by atoms with van der Waals surface area (Å²) >= 11 is 0. The predicted molar refractivity (Wildman–Crippen MR) is 92.8 cm³/mol. The smallest absolute Gasteiger partial charge is 0.136 e. The Kier molecular flexibility index (Phi) is 3.47. The van der Waals surface area contributed by atoms with Gasteiger partial charge >= 0.3 is 0 Å². The predicted octanol–water partition coefficient (Wildman–Crippen LogP) is 3.97. The standard InChI is InChI=1S/C20H17NO3/c1-2-12-9-14-19(10-18(12)22)24-11-15(20(14)23)17-8-7-13-5-3-4-6-16(13)21-17/h3-11,20,22-23H,2H2,1H3.